The van der Waals surface area contributed by atoms with Crippen LogP contribution in [-0.4, -0.2) is 44.1 Å². The molecule has 1 N–H and O–H groups in total. The van der Waals surface area contributed by atoms with E-state index in [1.54, 1.807) is 13.2 Å². The highest BCUT2D eigenvalue weighted by atomic mass is 16.5. The van der Waals surface area contributed by atoms with E-state index in [0.717, 1.165) is 37.8 Å². The molecular weight excluding hydrogens is 288 g/mol. The molecule has 128 valence electrons. The van der Waals surface area contributed by atoms with Crippen LogP contribution in [0.2, 0.25) is 0 Å². The molecule has 1 saturated heterocycles. The van der Waals surface area contributed by atoms with E-state index in [1.807, 2.05) is 18.2 Å². The number of unbranched alkanes of at least 4 members (excludes halogenated alkanes) is 1. The van der Waals surface area contributed by atoms with Gasteiger partial charge in [-0.2, -0.15) is 0 Å². The molecule has 1 amide bonds. The quantitative estimate of drug-likeness (QED) is 0.785. The predicted octanol–water partition coefficient (Wildman–Crippen LogP) is 3.18. The molecule has 1 fully saturated rings. The molecule has 4 heteroatoms. The number of carbonyl (C=O) groups is 1. The first kappa shape index (κ1) is 17.8. The van der Waals surface area contributed by atoms with Crippen molar-refractivity contribution < 1.29 is 9.53 Å². The van der Waals surface area contributed by atoms with Crippen LogP contribution in [0.25, 0.3) is 0 Å². The number of nitrogens with one attached hydrogen (secondary N) is 1. The number of carbonyl (C=O) groups excluding carboxylic acids is 1. The average Bonchev–Trinajstić information content (AvgIpc) is 2.53. The second kappa shape index (κ2) is 8.92. The first-order valence-electron chi connectivity index (χ1n) is 8.73. The van der Waals surface area contributed by atoms with E-state index in [1.165, 1.54) is 19.5 Å². The maximum Gasteiger partial charge on any atom is 0.251 e. The van der Waals surface area contributed by atoms with Crippen LogP contribution in [0.5, 0.6) is 5.75 Å². The highest BCUT2D eigenvalue weighted by molar-refractivity contribution is 5.94. The number of ether oxygens (including phenoxy) is 1. The summed E-state index contributed by atoms with van der Waals surface area (Å²) < 4.78 is 5.15. The summed E-state index contributed by atoms with van der Waals surface area (Å²) in [6.45, 7) is 9.01. The average molecular weight is 318 g/mol. The van der Waals surface area contributed by atoms with Gasteiger partial charge in [0.15, 0.2) is 0 Å². The molecule has 2 rings (SSSR count). The summed E-state index contributed by atoms with van der Waals surface area (Å²) in [7, 11) is 1.61. The molecular formula is C19H30N2O2. The molecule has 1 heterocycles. The maximum absolute atomic E-state index is 12.1. The van der Waals surface area contributed by atoms with Crippen LogP contribution in [0, 0.1) is 11.8 Å². The summed E-state index contributed by atoms with van der Waals surface area (Å²) >= 11 is 0. The minimum absolute atomic E-state index is 0.0240. The van der Waals surface area contributed by atoms with Gasteiger partial charge in [0.05, 0.1) is 7.11 Å². The summed E-state index contributed by atoms with van der Waals surface area (Å²) in [5.41, 5.74) is 0.656. The lowest BCUT2D eigenvalue weighted by Gasteiger charge is -2.34. The number of likely N-dealkylation sites (tertiary alicyclic amines) is 1. The molecule has 0 aliphatic carbocycles. The van der Waals surface area contributed by atoms with Crippen LogP contribution in [0.4, 0.5) is 0 Å². The number of methoxy groups -OCH3 is 1. The number of benzene rings is 1. The first-order chi connectivity index (χ1) is 11.1. The topological polar surface area (TPSA) is 41.6 Å². The Bertz CT molecular complexity index is 494. The number of amides is 1. The summed E-state index contributed by atoms with van der Waals surface area (Å²) in [5.74, 6) is 2.31. The van der Waals surface area contributed by atoms with Gasteiger partial charge in [0.1, 0.15) is 5.75 Å². The number of nitrogens with zero attached hydrogens (tertiary/aromatic N) is 1. The zero-order chi connectivity index (χ0) is 16.7. The Balaban J connectivity index is 1.64. The van der Waals surface area contributed by atoms with E-state index in [2.05, 4.69) is 24.1 Å². The summed E-state index contributed by atoms with van der Waals surface area (Å²) in [4.78, 5) is 14.7. The minimum Gasteiger partial charge on any atom is -0.497 e. The largest absolute Gasteiger partial charge is 0.497 e. The lowest BCUT2D eigenvalue weighted by molar-refractivity contribution is 0.0951. The van der Waals surface area contributed by atoms with Gasteiger partial charge in [-0.25, -0.2) is 0 Å². The number of hydrogen-bond acceptors (Lipinski definition) is 3. The van der Waals surface area contributed by atoms with Crippen molar-refractivity contribution in [1.29, 1.82) is 0 Å². The molecule has 0 saturated carbocycles. The fourth-order valence-corrected chi connectivity index (χ4v) is 3.50. The zero-order valence-corrected chi connectivity index (χ0v) is 14.7. The molecule has 2 atom stereocenters. The summed E-state index contributed by atoms with van der Waals surface area (Å²) in [6, 6.07) is 7.27. The Kier molecular flexibility index (Phi) is 6.90. The fourth-order valence-electron chi connectivity index (χ4n) is 3.50. The van der Waals surface area contributed by atoms with Crippen molar-refractivity contribution in [2.45, 2.75) is 33.1 Å². The Morgan fingerprint density at radius 3 is 2.70 bits per heavy atom. The van der Waals surface area contributed by atoms with Gasteiger partial charge in [-0.3, -0.25) is 4.79 Å². The van der Waals surface area contributed by atoms with Crippen molar-refractivity contribution in [3.8, 4) is 5.75 Å². The summed E-state index contributed by atoms with van der Waals surface area (Å²) in [5, 5.41) is 2.99. The number of hydrogen-bond donors (Lipinski definition) is 1. The molecule has 2 unspecified atom stereocenters. The first-order valence-corrected chi connectivity index (χ1v) is 8.73. The molecule has 0 spiro atoms. The Labute approximate surface area is 140 Å². The van der Waals surface area contributed by atoms with E-state index in [-0.39, 0.29) is 5.91 Å². The lowest BCUT2D eigenvalue weighted by Crippen LogP contribution is -2.39. The molecule has 0 bridgehead atoms. The van der Waals surface area contributed by atoms with Crippen LogP contribution in [0.3, 0.4) is 0 Å². The minimum atomic E-state index is -0.0240. The van der Waals surface area contributed by atoms with E-state index in [9.17, 15) is 4.79 Å². The molecule has 23 heavy (non-hydrogen) atoms. The van der Waals surface area contributed by atoms with Crippen molar-refractivity contribution in [2.24, 2.45) is 11.8 Å². The Morgan fingerprint density at radius 2 is 2.00 bits per heavy atom. The van der Waals surface area contributed by atoms with Crippen molar-refractivity contribution in [2.75, 3.05) is 33.3 Å². The number of rotatable bonds is 7. The van der Waals surface area contributed by atoms with Crippen LogP contribution in [-0.2, 0) is 0 Å². The smallest absolute Gasteiger partial charge is 0.251 e. The Hall–Kier alpha value is -1.55. The van der Waals surface area contributed by atoms with Crippen molar-refractivity contribution >= 4 is 5.91 Å². The molecule has 1 aromatic carbocycles. The SMILES string of the molecule is COc1cccc(C(=O)NCCCCN2CC(C)CC(C)C2)c1. The van der Waals surface area contributed by atoms with E-state index in [4.69, 9.17) is 4.74 Å². The van der Waals surface area contributed by atoms with Gasteiger partial charge in [0.2, 0.25) is 0 Å². The van der Waals surface area contributed by atoms with Crippen molar-refractivity contribution in [1.82, 2.24) is 10.2 Å². The zero-order valence-electron chi connectivity index (χ0n) is 14.7. The molecule has 1 aliphatic heterocycles. The third-order valence-corrected chi connectivity index (χ3v) is 4.46. The Morgan fingerprint density at radius 1 is 1.26 bits per heavy atom. The van der Waals surface area contributed by atoms with E-state index in [0.29, 0.717) is 11.3 Å². The predicted molar refractivity (Wildman–Crippen MR) is 93.9 cm³/mol. The van der Waals surface area contributed by atoms with E-state index >= 15 is 0 Å². The highest BCUT2D eigenvalue weighted by Gasteiger charge is 2.20. The molecule has 1 aromatic rings. The molecule has 1 aliphatic rings. The van der Waals surface area contributed by atoms with Gasteiger partial charge in [0.25, 0.3) is 5.91 Å². The van der Waals surface area contributed by atoms with Gasteiger partial charge in [0, 0.05) is 25.2 Å². The fraction of sp³-hybridized carbons (Fsp3) is 0.632. The molecule has 0 aromatic heterocycles. The standard InChI is InChI=1S/C19H30N2O2/c1-15-11-16(2)14-21(13-15)10-5-4-9-20-19(22)17-7-6-8-18(12-17)23-3/h6-8,12,15-16H,4-5,9-11,13-14H2,1-3H3,(H,20,22). The third kappa shape index (κ3) is 5.87. The summed E-state index contributed by atoms with van der Waals surface area (Å²) in [6.07, 6.45) is 3.51. The highest BCUT2D eigenvalue weighted by Crippen LogP contribution is 2.21. The van der Waals surface area contributed by atoms with Gasteiger partial charge in [-0.1, -0.05) is 19.9 Å². The third-order valence-electron chi connectivity index (χ3n) is 4.46. The maximum atomic E-state index is 12.1. The van der Waals surface area contributed by atoms with Crippen molar-refractivity contribution in [3.05, 3.63) is 29.8 Å². The van der Waals surface area contributed by atoms with Crippen LogP contribution in [0.1, 0.15) is 43.5 Å². The molecule has 4 nitrogen and oxygen atoms in total. The number of piperidine rings is 1. The lowest BCUT2D eigenvalue weighted by atomic mass is 9.92. The second-order valence-electron chi connectivity index (χ2n) is 6.90. The van der Waals surface area contributed by atoms with Crippen molar-refractivity contribution in [3.63, 3.8) is 0 Å². The van der Waals surface area contributed by atoms with Gasteiger partial charge in [-0.15, -0.1) is 0 Å². The van der Waals surface area contributed by atoms with E-state index < -0.39 is 0 Å². The monoisotopic (exact) mass is 318 g/mol. The second-order valence-corrected chi connectivity index (χ2v) is 6.90. The van der Waals surface area contributed by atoms with Crippen LogP contribution in [0.15, 0.2) is 24.3 Å². The van der Waals surface area contributed by atoms with Gasteiger partial charge >= 0.3 is 0 Å². The molecule has 0 radical (unpaired) electrons. The van der Waals surface area contributed by atoms with Crippen LogP contribution < -0.4 is 10.1 Å². The van der Waals surface area contributed by atoms with Gasteiger partial charge in [-0.05, 0) is 55.8 Å². The van der Waals surface area contributed by atoms with Crippen LogP contribution >= 0.6 is 0 Å². The normalized spacial score (nSPS) is 21.9. The van der Waals surface area contributed by atoms with Gasteiger partial charge < -0.3 is 15.0 Å².